The highest BCUT2D eigenvalue weighted by molar-refractivity contribution is 6.53. The molecule has 7 heteroatoms. The fourth-order valence-electron chi connectivity index (χ4n) is 1.84. The maximum atomic E-state index is 5.97. The Kier molecular flexibility index (Phi) is 11.6. The van der Waals surface area contributed by atoms with Gasteiger partial charge in [-0.15, -0.1) is 0 Å². The topological polar surface area (TPSA) is 55.4 Å². The normalized spacial score (nSPS) is 15.3. The molecule has 0 amide bonds. The van der Waals surface area contributed by atoms with Crippen LogP contribution in [0.15, 0.2) is 0 Å². The van der Waals surface area contributed by atoms with Crippen molar-refractivity contribution in [3.63, 3.8) is 0 Å². The molecule has 122 valence electrons. The second-order valence-corrected chi connectivity index (χ2v) is 6.38. The van der Waals surface area contributed by atoms with Crippen LogP contribution in [-0.2, 0) is 27.2 Å². The maximum Gasteiger partial charge on any atom is 0.679 e. The van der Waals surface area contributed by atoms with E-state index in [2.05, 4.69) is 0 Å². The van der Waals surface area contributed by atoms with Crippen LogP contribution in [0, 0.1) is 0 Å². The van der Waals surface area contributed by atoms with Gasteiger partial charge in [-0.05, 0) is 27.7 Å². The lowest BCUT2D eigenvalue weighted by molar-refractivity contribution is -0.0635. The Morgan fingerprint density at radius 3 is 1.75 bits per heavy atom. The Hall–Kier alpha value is -0.0231. The Bertz CT molecular complexity index is 212. The summed E-state index contributed by atoms with van der Waals surface area (Å²) in [6, 6.07) is 0. The highest BCUT2D eigenvalue weighted by atomic mass is 28.4. The van der Waals surface area contributed by atoms with Crippen LogP contribution >= 0.6 is 0 Å². The molecule has 0 saturated heterocycles. The lowest BCUT2D eigenvalue weighted by atomic mass is 10.2. The third kappa shape index (κ3) is 7.68. The minimum absolute atomic E-state index is 0.0217. The minimum atomic E-state index is -3.06. The summed E-state index contributed by atoms with van der Waals surface area (Å²) in [5, 5.41) is 0. The Morgan fingerprint density at radius 1 is 0.900 bits per heavy atom. The van der Waals surface area contributed by atoms with Crippen molar-refractivity contribution in [2.75, 3.05) is 40.6 Å². The summed E-state index contributed by atoms with van der Waals surface area (Å²) in [6.45, 7) is 9.65. The molecule has 0 aliphatic carbocycles. The first-order chi connectivity index (χ1) is 9.57. The zero-order valence-corrected chi connectivity index (χ0v) is 14.6. The second-order valence-electron chi connectivity index (χ2n) is 4.28. The number of methoxy groups -OCH3 is 2. The fourth-order valence-corrected chi connectivity index (χ4v) is 3.94. The van der Waals surface area contributed by atoms with Gasteiger partial charge in [-0.3, -0.25) is 0 Å². The summed E-state index contributed by atoms with van der Waals surface area (Å²) in [5.41, 5.74) is 0. The molecule has 2 unspecified atom stereocenters. The third-order valence-electron chi connectivity index (χ3n) is 2.59. The van der Waals surface area contributed by atoms with Gasteiger partial charge in [0.05, 0.1) is 18.8 Å². The van der Waals surface area contributed by atoms with Crippen molar-refractivity contribution in [3.8, 4) is 0 Å². The van der Waals surface area contributed by atoms with Crippen molar-refractivity contribution < 1.29 is 27.2 Å². The van der Waals surface area contributed by atoms with Gasteiger partial charge in [-0.1, -0.05) is 0 Å². The molecule has 0 rings (SSSR count). The molecule has 0 aromatic rings. The number of rotatable bonds is 13. The number of hydrogen-bond acceptors (Lipinski definition) is 6. The zero-order chi connectivity index (χ0) is 15.4. The minimum Gasteiger partial charge on any atom is -0.382 e. The molecule has 6 nitrogen and oxygen atoms in total. The average Bonchev–Trinajstić information content (AvgIpc) is 2.39. The Balaban J connectivity index is 4.59. The lowest BCUT2D eigenvalue weighted by Gasteiger charge is -2.30. The quantitative estimate of drug-likeness (QED) is 0.485. The van der Waals surface area contributed by atoms with Crippen LogP contribution in [0.1, 0.15) is 34.1 Å². The fraction of sp³-hybridized carbons (Fsp3) is 1.00. The zero-order valence-electron chi connectivity index (χ0n) is 13.6. The monoisotopic (exact) mass is 310 g/mol. The van der Waals surface area contributed by atoms with Gasteiger partial charge in [0.15, 0.2) is 0 Å². The van der Waals surface area contributed by atoms with Gasteiger partial charge >= 0.3 is 9.05 Å². The van der Waals surface area contributed by atoms with E-state index >= 15 is 0 Å². The van der Waals surface area contributed by atoms with Crippen molar-refractivity contribution >= 4 is 9.05 Å². The summed E-state index contributed by atoms with van der Waals surface area (Å²) in [6.07, 6.45) is 0.560. The molecule has 0 aromatic heterocycles. The lowest BCUT2D eigenvalue weighted by Crippen LogP contribution is -2.51. The molecule has 0 fully saturated rings. The van der Waals surface area contributed by atoms with E-state index in [1.807, 2.05) is 27.7 Å². The van der Waals surface area contributed by atoms with E-state index in [9.17, 15) is 0 Å². The van der Waals surface area contributed by atoms with Crippen molar-refractivity contribution in [2.45, 2.75) is 46.3 Å². The molecule has 0 N–H and O–H groups in total. The summed E-state index contributed by atoms with van der Waals surface area (Å²) in [5.74, 6) is 0. The Labute approximate surface area is 124 Å². The van der Waals surface area contributed by atoms with Gasteiger partial charge in [0, 0.05) is 40.5 Å². The van der Waals surface area contributed by atoms with Gasteiger partial charge in [-0.25, -0.2) is 0 Å². The molecular formula is C13H30O6Si. The van der Waals surface area contributed by atoms with Gasteiger partial charge in [0.25, 0.3) is 0 Å². The molecule has 0 aliphatic rings. The van der Waals surface area contributed by atoms with Gasteiger partial charge in [0.2, 0.25) is 0 Å². The summed E-state index contributed by atoms with van der Waals surface area (Å²) in [4.78, 5) is 0. The molecule has 20 heavy (non-hydrogen) atoms. The van der Waals surface area contributed by atoms with Crippen LogP contribution in [0.25, 0.3) is 0 Å². The SMILES string of the molecule is CCO[Si](OCC)(OCC)OC(C)CC(COC)OC. The van der Waals surface area contributed by atoms with E-state index in [-0.39, 0.29) is 12.2 Å². The van der Waals surface area contributed by atoms with Crippen molar-refractivity contribution in [1.29, 1.82) is 0 Å². The van der Waals surface area contributed by atoms with E-state index in [4.69, 9.17) is 27.2 Å². The molecule has 0 spiro atoms. The Morgan fingerprint density at radius 2 is 1.40 bits per heavy atom. The van der Waals surface area contributed by atoms with Crippen LogP contribution in [-0.4, -0.2) is 61.9 Å². The molecule has 0 bridgehead atoms. The second kappa shape index (κ2) is 11.6. The van der Waals surface area contributed by atoms with E-state index in [0.717, 1.165) is 0 Å². The highest BCUT2D eigenvalue weighted by Gasteiger charge is 2.46. The summed E-state index contributed by atoms with van der Waals surface area (Å²) >= 11 is 0. The van der Waals surface area contributed by atoms with E-state index in [1.54, 1.807) is 14.2 Å². The van der Waals surface area contributed by atoms with Crippen molar-refractivity contribution in [3.05, 3.63) is 0 Å². The standard InChI is InChI=1S/C13H30O6Si/c1-7-16-20(17-8-2,18-9-3)19-12(4)10-13(15-6)11-14-5/h12-13H,7-11H2,1-6H3. The third-order valence-corrected chi connectivity index (χ3v) is 5.21. The van der Waals surface area contributed by atoms with Crippen LogP contribution in [0.2, 0.25) is 0 Å². The predicted molar refractivity (Wildman–Crippen MR) is 78.5 cm³/mol. The van der Waals surface area contributed by atoms with Crippen LogP contribution in [0.5, 0.6) is 0 Å². The van der Waals surface area contributed by atoms with Crippen molar-refractivity contribution in [1.82, 2.24) is 0 Å². The first-order valence-electron chi connectivity index (χ1n) is 7.18. The number of ether oxygens (including phenoxy) is 2. The highest BCUT2D eigenvalue weighted by Crippen LogP contribution is 2.17. The van der Waals surface area contributed by atoms with Gasteiger partial charge in [-0.2, -0.15) is 0 Å². The van der Waals surface area contributed by atoms with Crippen LogP contribution in [0.4, 0.5) is 0 Å². The molecule has 2 atom stereocenters. The molecule has 0 saturated carbocycles. The van der Waals surface area contributed by atoms with Crippen LogP contribution in [0.3, 0.4) is 0 Å². The van der Waals surface area contributed by atoms with E-state index in [1.165, 1.54) is 0 Å². The first kappa shape index (κ1) is 20.0. The molecular weight excluding hydrogens is 280 g/mol. The first-order valence-corrected chi connectivity index (χ1v) is 8.82. The molecule has 0 aliphatic heterocycles. The smallest absolute Gasteiger partial charge is 0.382 e. The molecule has 0 heterocycles. The van der Waals surface area contributed by atoms with Gasteiger partial charge in [0.1, 0.15) is 0 Å². The van der Waals surface area contributed by atoms with E-state index in [0.29, 0.717) is 32.8 Å². The number of hydrogen-bond donors (Lipinski definition) is 0. The van der Waals surface area contributed by atoms with E-state index < -0.39 is 9.05 Å². The van der Waals surface area contributed by atoms with Crippen molar-refractivity contribution in [2.24, 2.45) is 0 Å². The predicted octanol–water partition coefficient (Wildman–Crippen LogP) is 1.99. The average molecular weight is 310 g/mol. The van der Waals surface area contributed by atoms with Crippen LogP contribution < -0.4 is 0 Å². The van der Waals surface area contributed by atoms with Gasteiger partial charge < -0.3 is 27.2 Å². The maximum absolute atomic E-state index is 5.97. The molecule has 0 radical (unpaired) electrons. The summed E-state index contributed by atoms with van der Waals surface area (Å²) < 4.78 is 33.4. The summed E-state index contributed by atoms with van der Waals surface area (Å²) in [7, 11) is 0.254. The largest absolute Gasteiger partial charge is 0.679 e. The molecule has 0 aromatic carbocycles.